The van der Waals surface area contributed by atoms with E-state index in [9.17, 15) is 4.79 Å². The summed E-state index contributed by atoms with van der Waals surface area (Å²) < 4.78 is 0. The van der Waals surface area contributed by atoms with Crippen LogP contribution in [0.5, 0.6) is 0 Å². The number of carbonyl (C=O) groups excluding carboxylic acids is 1. The molecule has 15 heavy (non-hydrogen) atoms. The van der Waals surface area contributed by atoms with Crippen molar-refractivity contribution in [3.05, 3.63) is 41.2 Å². The maximum Gasteiger partial charge on any atom is 0.155 e. The molecule has 1 heterocycles. The van der Waals surface area contributed by atoms with Crippen LogP contribution < -0.4 is 0 Å². The first-order valence-corrected chi connectivity index (χ1v) is 5.51. The first-order chi connectivity index (χ1) is 7.34. The normalized spacial score (nSPS) is 24.1. The highest BCUT2D eigenvalue weighted by atomic mass is 16.1. The van der Waals surface area contributed by atoms with E-state index in [-0.39, 0.29) is 5.78 Å². The van der Waals surface area contributed by atoms with Gasteiger partial charge < -0.3 is 0 Å². The molecule has 1 aromatic heterocycles. The van der Waals surface area contributed by atoms with Gasteiger partial charge in [0.05, 0.1) is 5.69 Å². The summed E-state index contributed by atoms with van der Waals surface area (Å²) in [5.74, 6) is 0.710. The van der Waals surface area contributed by atoms with Crippen LogP contribution in [0.15, 0.2) is 30.0 Å². The van der Waals surface area contributed by atoms with E-state index in [0.717, 1.165) is 19.3 Å². The van der Waals surface area contributed by atoms with Gasteiger partial charge in [0.25, 0.3) is 0 Å². The van der Waals surface area contributed by atoms with Gasteiger partial charge in [0.15, 0.2) is 5.78 Å². The maximum atomic E-state index is 11.2. The van der Waals surface area contributed by atoms with Crippen LogP contribution in [-0.2, 0) is 11.2 Å². The van der Waals surface area contributed by atoms with Crippen LogP contribution in [0.4, 0.5) is 0 Å². The fraction of sp³-hybridized carbons (Fsp3) is 0.385. The molecule has 1 atom stereocenters. The van der Waals surface area contributed by atoms with E-state index in [0.29, 0.717) is 12.3 Å². The molecule has 1 aromatic rings. The predicted octanol–water partition coefficient (Wildman–Crippen LogP) is 2.40. The third-order valence-corrected chi connectivity index (χ3v) is 3.41. The van der Waals surface area contributed by atoms with Gasteiger partial charge in [-0.15, -0.1) is 0 Å². The lowest BCUT2D eigenvalue weighted by Crippen LogP contribution is -1.98. The monoisotopic (exact) mass is 199 g/mol. The summed E-state index contributed by atoms with van der Waals surface area (Å²) in [5.41, 5.74) is 3.87. The second-order valence-corrected chi connectivity index (χ2v) is 4.32. The molecule has 0 radical (unpaired) electrons. The number of ketones is 1. The van der Waals surface area contributed by atoms with Crippen molar-refractivity contribution in [1.29, 1.82) is 0 Å². The standard InChI is InChI=1S/C13H13NO/c15-11-5-3-10(8-11)12-6-4-9-2-1-7-14-13(9)12/h1-2,7-8,12H,3-6H2. The first kappa shape index (κ1) is 8.84. The smallest absolute Gasteiger partial charge is 0.155 e. The summed E-state index contributed by atoms with van der Waals surface area (Å²) in [6.07, 6.45) is 7.58. The van der Waals surface area contributed by atoms with Crippen molar-refractivity contribution in [1.82, 2.24) is 4.98 Å². The molecule has 0 fully saturated rings. The Kier molecular flexibility index (Phi) is 1.94. The molecule has 76 valence electrons. The van der Waals surface area contributed by atoms with Gasteiger partial charge in [-0.2, -0.15) is 0 Å². The molecule has 2 aliphatic rings. The van der Waals surface area contributed by atoms with Gasteiger partial charge in [-0.3, -0.25) is 9.78 Å². The Hall–Kier alpha value is -1.44. The summed E-state index contributed by atoms with van der Waals surface area (Å²) >= 11 is 0. The van der Waals surface area contributed by atoms with Gasteiger partial charge in [0.1, 0.15) is 0 Å². The number of aromatic nitrogens is 1. The van der Waals surface area contributed by atoms with Crippen LogP contribution in [0.25, 0.3) is 0 Å². The zero-order valence-corrected chi connectivity index (χ0v) is 8.57. The molecule has 2 nitrogen and oxygen atoms in total. The molecule has 0 aliphatic heterocycles. The lowest BCUT2D eigenvalue weighted by atomic mass is 9.96. The lowest BCUT2D eigenvalue weighted by molar-refractivity contribution is -0.114. The number of pyridine rings is 1. The molecular formula is C13H13NO. The first-order valence-electron chi connectivity index (χ1n) is 5.51. The van der Waals surface area contributed by atoms with Crippen molar-refractivity contribution in [3.63, 3.8) is 0 Å². The molecule has 0 N–H and O–H groups in total. The van der Waals surface area contributed by atoms with Gasteiger partial charge in [-0.1, -0.05) is 11.6 Å². The number of fused-ring (bicyclic) bond motifs is 1. The zero-order valence-electron chi connectivity index (χ0n) is 8.57. The molecule has 0 bridgehead atoms. The summed E-state index contributed by atoms with van der Waals surface area (Å²) in [6.45, 7) is 0. The van der Waals surface area contributed by atoms with E-state index in [1.807, 2.05) is 18.3 Å². The van der Waals surface area contributed by atoms with E-state index in [2.05, 4.69) is 11.1 Å². The molecule has 3 rings (SSSR count). The molecule has 0 amide bonds. The molecular weight excluding hydrogens is 186 g/mol. The zero-order chi connectivity index (χ0) is 10.3. The predicted molar refractivity (Wildman–Crippen MR) is 57.6 cm³/mol. The number of nitrogens with zero attached hydrogens (tertiary/aromatic N) is 1. The van der Waals surface area contributed by atoms with Crippen LogP contribution in [0.1, 0.15) is 36.4 Å². The number of hydrogen-bond acceptors (Lipinski definition) is 2. The van der Waals surface area contributed by atoms with E-state index >= 15 is 0 Å². The van der Waals surface area contributed by atoms with Crippen molar-refractivity contribution in [2.45, 2.75) is 31.6 Å². The quantitative estimate of drug-likeness (QED) is 0.695. The second-order valence-electron chi connectivity index (χ2n) is 4.32. The van der Waals surface area contributed by atoms with Gasteiger partial charge in [-0.25, -0.2) is 0 Å². The highest BCUT2D eigenvalue weighted by molar-refractivity contribution is 5.93. The Labute approximate surface area is 89.0 Å². The average molecular weight is 199 g/mol. The number of aryl methyl sites for hydroxylation is 1. The summed E-state index contributed by atoms with van der Waals surface area (Å²) in [7, 11) is 0. The Balaban J connectivity index is 1.97. The SMILES string of the molecule is O=C1C=C(C2CCc3cccnc32)CC1. The van der Waals surface area contributed by atoms with Crippen molar-refractivity contribution >= 4 is 5.78 Å². The van der Waals surface area contributed by atoms with Gasteiger partial charge >= 0.3 is 0 Å². The number of allylic oxidation sites excluding steroid dienone is 2. The van der Waals surface area contributed by atoms with Crippen molar-refractivity contribution in [2.24, 2.45) is 0 Å². The minimum Gasteiger partial charge on any atom is -0.295 e. The number of rotatable bonds is 1. The molecule has 1 unspecified atom stereocenters. The third kappa shape index (κ3) is 1.41. The van der Waals surface area contributed by atoms with E-state index < -0.39 is 0 Å². The molecule has 0 saturated heterocycles. The van der Waals surface area contributed by atoms with Crippen LogP contribution in [-0.4, -0.2) is 10.8 Å². The molecule has 0 saturated carbocycles. The van der Waals surface area contributed by atoms with Crippen LogP contribution in [0, 0.1) is 0 Å². The molecule has 0 spiro atoms. The fourth-order valence-electron chi connectivity index (χ4n) is 2.67. The van der Waals surface area contributed by atoms with Crippen LogP contribution in [0.3, 0.4) is 0 Å². The van der Waals surface area contributed by atoms with Crippen LogP contribution >= 0.6 is 0 Å². The topological polar surface area (TPSA) is 30.0 Å². The van der Waals surface area contributed by atoms with Crippen molar-refractivity contribution < 1.29 is 4.79 Å². The molecule has 2 heteroatoms. The summed E-state index contributed by atoms with van der Waals surface area (Å²) in [4.78, 5) is 15.7. The molecule has 0 aromatic carbocycles. The highest BCUT2D eigenvalue weighted by Crippen LogP contribution is 2.40. The Morgan fingerprint density at radius 2 is 2.20 bits per heavy atom. The summed E-state index contributed by atoms with van der Waals surface area (Å²) in [5, 5.41) is 0. The Morgan fingerprint density at radius 3 is 3.00 bits per heavy atom. The minimum atomic E-state index is 0.286. The fourth-order valence-corrected chi connectivity index (χ4v) is 2.67. The van der Waals surface area contributed by atoms with Gasteiger partial charge in [0, 0.05) is 18.5 Å². The van der Waals surface area contributed by atoms with Crippen LogP contribution in [0.2, 0.25) is 0 Å². The third-order valence-electron chi connectivity index (χ3n) is 3.41. The van der Waals surface area contributed by atoms with Gasteiger partial charge in [-0.05, 0) is 37.0 Å². The average Bonchev–Trinajstić information content (AvgIpc) is 2.83. The Bertz CT molecular complexity index is 448. The highest BCUT2D eigenvalue weighted by Gasteiger charge is 2.29. The number of hydrogen-bond donors (Lipinski definition) is 0. The van der Waals surface area contributed by atoms with Gasteiger partial charge in [0.2, 0.25) is 0 Å². The van der Waals surface area contributed by atoms with Crippen molar-refractivity contribution in [3.8, 4) is 0 Å². The van der Waals surface area contributed by atoms with E-state index in [1.165, 1.54) is 16.8 Å². The second kappa shape index (κ2) is 3.30. The largest absolute Gasteiger partial charge is 0.295 e. The number of carbonyl (C=O) groups is 1. The maximum absolute atomic E-state index is 11.2. The molecule has 2 aliphatic carbocycles. The lowest BCUT2D eigenvalue weighted by Gasteiger charge is -2.10. The van der Waals surface area contributed by atoms with E-state index in [1.54, 1.807) is 0 Å². The Morgan fingerprint density at radius 1 is 1.27 bits per heavy atom. The minimum absolute atomic E-state index is 0.286. The summed E-state index contributed by atoms with van der Waals surface area (Å²) in [6, 6.07) is 4.15. The van der Waals surface area contributed by atoms with Crippen molar-refractivity contribution in [2.75, 3.05) is 0 Å². The van der Waals surface area contributed by atoms with E-state index in [4.69, 9.17) is 0 Å².